The lowest BCUT2D eigenvalue weighted by atomic mass is 10.1. The summed E-state index contributed by atoms with van der Waals surface area (Å²) in [5.41, 5.74) is 7.15. The van der Waals surface area contributed by atoms with E-state index in [4.69, 9.17) is 10.5 Å². The summed E-state index contributed by atoms with van der Waals surface area (Å²) in [6.07, 6.45) is 0.357. The number of ether oxygens (including phenoxy) is 1. The first-order chi connectivity index (χ1) is 9.08. The zero-order chi connectivity index (χ0) is 14.3. The van der Waals surface area contributed by atoms with Crippen LogP contribution >= 0.6 is 0 Å². The minimum Gasteiger partial charge on any atom is -0.462 e. The minimum atomic E-state index is -0.449. The summed E-state index contributed by atoms with van der Waals surface area (Å²) >= 11 is 0. The number of carbonyl (C=O) groups excluding carboxylic acids is 2. The second-order valence-electron chi connectivity index (χ2n) is 3.87. The van der Waals surface area contributed by atoms with E-state index in [2.05, 4.69) is 10.6 Å². The van der Waals surface area contributed by atoms with Crippen LogP contribution in [0.3, 0.4) is 0 Å². The van der Waals surface area contributed by atoms with Gasteiger partial charge in [-0.2, -0.15) is 0 Å². The van der Waals surface area contributed by atoms with Gasteiger partial charge in [0.1, 0.15) is 0 Å². The second kappa shape index (κ2) is 7.25. The van der Waals surface area contributed by atoms with Crippen LogP contribution < -0.4 is 16.4 Å². The highest BCUT2D eigenvalue weighted by molar-refractivity contribution is 5.96. The van der Waals surface area contributed by atoms with Gasteiger partial charge in [-0.1, -0.05) is 0 Å². The van der Waals surface area contributed by atoms with Gasteiger partial charge in [-0.3, -0.25) is 4.79 Å². The molecule has 0 aliphatic heterocycles. The molecule has 0 aliphatic rings. The molecular weight excluding hydrogens is 246 g/mol. The molecule has 19 heavy (non-hydrogen) atoms. The number of hydrogen-bond acceptors (Lipinski definition) is 5. The lowest BCUT2D eigenvalue weighted by Gasteiger charge is -2.10. The Hall–Kier alpha value is -2.24. The number of benzene rings is 1. The van der Waals surface area contributed by atoms with Crippen LogP contribution in [-0.4, -0.2) is 32.1 Å². The van der Waals surface area contributed by atoms with E-state index in [0.29, 0.717) is 30.8 Å². The molecule has 0 aromatic heterocycles. The summed E-state index contributed by atoms with van der Waals surface area (Å²) in [4.78, 5) is 22.7. The number of amides is 1. The van der Waals surface area contributed by atoms with Gasteiger partial charge in [0.15, 0.2) is 0 Å². The second-order valence-corrected chi connectivity index (χ2v) is 3.87. The molecular formula is C13H19N3O3. The van der Waals surface area contributed by atoms with Gasteiger partial charge in [-0.05, 0) is 25.1 Å². The molecule has 0 radical (unpaired) electrons. The molecule has 0 aliphatic carbocycles. The normalized spacial score (nSPS) is 9.79. The molecule has 6 heteroatoms. The molecule has 1 amide bonds. The van der Waals surface area contributed by atoms with E-state index in [0.717, 1.165) is 5.69 Å². The lowest BCUT2D eigenvalue weighted by Crippen LogP contribution is -2.20. The van der Waals surface area contributed by atoms with E-state index in [1.807, 2.05) is 0 Å². The first-order valence-corrected chi connectivity index (χ1v) is 6.09. The number of nitrogens with two attached hydrogens (primary N) is 1. The van der Waals surface area contributed by atoms with Crippen LogP contribution in [0.15, 0.2) is 18.2 Å². The summed E-state index contributed by atoms with van der Waals surface area (Å²) in [5, 5.41) is 5.58. The van der Waals surface area contributed by atoms with Crippen molar-refractivity contribution in [2.75, 3.05) is 31.2 Å². The monoisotopic (exact) mass is 265 g/mol. The number of carbonyl (C=O) groups is 2. The zero-order valence-electron chi connectivity index (χ0n) is 11.2. The number of nitrogens with one attached hydrogen (secondary N) is 2. The summed E-state index contributed by atoms with van der Waals surface area (Å²) in [6.45, 7) is 2.51. The number of rotatable bonds is 6. The van der Waals surface area contributed by atoms with Gasteiger partial charge in [-0.15, -0.1) is 0 Å². The molecule has 0 heterocycles. The average Bonchev–Trinajstić information content (AvgIpc) is 2.40. The van der Waals surface area contributed by atoms with Crippen molar-refractivity contribution in [3.05, 3.63) is 23.8 Å². The highest BCUT2D eigenvalue weighted by Gasteiger charge is 2.11. The molecule has 0 spiro atoms. The smallest absolute Gasteiger partial charge is 0.340 e. The van der Waals surface area contributed by atoms with Crippen molar-refractivity contribution in [1.82, 2.24) is 5.32 Å². The Balaban J connectivity index is 2.68. The van der Waals surface area contributed by atoms with E-state index >= 15 is 0 Å². The quantitative estimate of drug-likeness (QED) is 0.527. The molecule has 1 aromatic rings. The maximum atomic E-state index is 11.7. The Labute approximate surface area is 112 Å². The van der Waals surface area contributed by atoms with E-state index in [9.17, 15) is 9.59 Å². The van der Waals surface area contributed by atoms with Gasteiger partial charge in [0.05, 0.1) is 12.2 Å². The predicted molar refractivity (Wildman–Crippen MR) is 74.0 cm³/mol. The van der Waals surface area contributed by atoms with E-state index < -0.39 is 5.97 Å². The third-order valence-corrected chi connectivity index (χ3v) is 2.51. The van der Waals surface area contributed by atoms with Gasteiger partial charge >= 0.3 is 5.97 Å². The van der Waals surface area contributed by atoms with Gasteiger partial charge in [0, 0.05) is 31.4 Å². The lowest BCUT2D eigenvalue weighted by molar-refractivity contribution is -0.120. The van der Waals surface area contributed by atoms with Crippen molar-refractivity contribution in [3.8, 4) is 0 Å². The first kappa shape index (κ1) is 14.8. The van der Waals surface area contributed by atoms with Crippen LogP contribution in [-0.2, 0) is 9.53 Å². The maximum absolute atomic E-state index is 11.7. The fourth-order valence-corrected chi connectivity index (χ4v) is 1.50. The SMILES string of the molecule is CCOC(=O)c1cc(NCCC(=O)NC)ccc1N. The summed E-state index contributed by atoms with van der Waals surface area (Å²) in [6, 6.07) is 5.01. The Morgan fingerprint density at radius 2 is 2.11 bits per heavy atom. The van der Waals surface area contributed by atoms with Gasteiger partial charge in [0.2, 0.25) is 5.91 Å². The molecule has 0 fully saturated rings. The highest BCUT2D eigenvalue weighted by atomic mass is 16.5. The fraction of sp³-hybridized carbons (Fsp3) is 0.385. The number of anilines is 2. The predicted octanol–water partition coefficient (Wildman–Crippen LogP) is 0.993. The minimum absolute atomic E-state index is 0.0476. The summed E-state index contributed by atoms with van der Waals surface area (Å²) in [7, 11) is 1.59. The van der Waals surface area contributed by atoms with Crippen LogP contribution in [0.5, 0.6) is 0 Å². The van der Waals surface area contributed by atoms with Crippen molar-refractivity contribution in [3.63, 3.8) is 0 Å². The number of hydrogen-bond donors (Lipinski definition) is 3. The van der Waals surface area contributed by atoms with E-state index in [1.165, 1.54) is 0 Å². The van der Waals surface area contributed by atoms with Gasteiger partial charge < -0.3 is 21.1 Å². The first-order valence-electron chi connectivity index (χ1n) is 6.09. The Bertz CT molecular complexity index is 460. The molecule has 4 N–H and O–H groups in total. The molecule has 0 atom stereocenters. The molecule has 1 rings (SSSR count). The van der Waals surface area contributed by atoms with Crippen molar-refractivity contribution < 1.29 is 14.3 Å². The van der Waals surface area contributed by atoms with Crippen LogP contribution in [0.25, 0.3) is 0 Å². The average molecular weight is 265 g/mol. The third-order valence-electron chi connectivity index (χ3n) is 2.51. The molecule has 1 aromatic carbocycles. The Morgan fingerprint density at radius 3 is 2.74 bits per heavy atom. The van der Waals surface area contributed by atoms with Crippen LogP contribution in [0.1, 0.15) is 23.7 Å². The van der Waals surface area contributed by atoms with Crippen molar-refractivity contribution in [2.24, 2.45) is 0 Å². The van der Waals surface area contributed by atoms with Gasteiger partial charge in [-0.25, -0.2) is 4.79 Å². The zero-order valence-corrected chi connectivity index (χ0v) is 11.2. The van der Waals surface area contributed by atoms with Crippen molar-refractivity contribution >= 4 is 23.3 Å². The summed E-state index contributed by atoms with van der Waals surface area (Å²) in [5.74, 6) is -0.497. The Morgan fingerprint density at radius 1 is 1.37 bits per heavy atom. The Kier molecular flexibility index (Phi) is 5.66. The van der Waals surface area contributed by atoms with E-state index in [-0.39, 0.29) is 5.91 Å². The molecule has 0 saturated carbocycles. The van der Waals surface area contributed by atoms with Gasteiger partial charge in [0.25, 0.3) is 0 Å². The third kappa shape index (κ3) is 4.50. The number of nitrogen functional groups attached to an aromatic ring is 1. The van der Waals surface area contributed by atoms with Crippen molar-refractivity contribution in [2.45, 2.75) is 13.3 Å². The maximum Gasteiger partial charge on any atom is 0.340 e. The number of esters is 1. The molecule has 0 saturated heterocycles. The standard InChI is InChI=1S/C13H19N3O3/c1-3-19-13(18)10-8-9(4-5-11(10)14)16-7-6-12(17)15-2/h4-5,8,16H,3,6-7,14H2,1-2H3,(H,15,17). The molecule has 104 valence electrons. The molecule has 0 unspecified atom stereocenters. The van der Waals surface area contributed by atoms with Crippen molar-refractivity contribution in [1.29, 1.82) is 0 Å². The van der Waals surface area contributed by atoms with Crippen LogP contribution in [0.2, 0.25) is 0 Å². The molecule has 0 bridgehead atoms. The summed E-state index contributed by atoms with van der Waals surface area (Å²) < 4.78 is 4.91. The largest absolute Gasteiger partial charge is 0.462 e. The fourth-order valence-electron chi connectivity index (χ4n) is 1.50. The molecule has 6 nitrogen and oxygen atoms in total. The topological polar surface area (TPSA) is 93.4 Å². The van der Waals surface area contributed by atoms with Crippen LogP contribution in [0.4, 0.5) is 11.4 Å². The van der Waals surface area contributed by atoms with Crippen LogP contribution in [0, 0.1) is 0 Å². The highest BCUT2D eigenvalue weighted by Crippen LogP contribution is 2.18. The van der Waals surface area contributed by atoms with E-state index in [1.54, 1.807) is 32.2 Å².